The average Bonchev–Trinajstić information content (AvgIpc) is 3.40. The monoisotopic (exact) mass is 1300 g/mol. The number of halogens is 4. The summed E-state index contributed by atoms with van der Waals surface area (Å²) in [5.74, 6) is -4.52. The molecule has 450 valence electrons. The number of benzene rings is 3. The largest absolute Gasteiger partial charge is 0.510 e. The van der Waals surface area contributed by atoms with E-state index in [2.05, 4.69) is 0 Å². The number of carbonyl (C=O) groups is 6. The second kappa shape index (κ2) is 37.9. The number of aliphatic hydroxyl groups is 1. The van der Waals surface area contributed by atoms with Crippen LogP contribution in [0, 0.1) is 19.1 Å². The minimum atomic E-state index is -4.42. The number of ether oxygens (including phenoxy) is 7. The first kappa shape index (κ1) is 74.1. The first-order chi connectivity index (χ1) is 36.7. The fourth-order valence-corrected chi connectivity index (χ4v) is 11.7. The zero-order valence-electron chi connectivity index (χ0n) is 43.6. The van der Waals surface area contributed by atoms with Crippen molar-refractivity contribution in [3.63, 3.8) is 0 Å². The van der Waals surface area contributed by atoms with Gasteiger partial charge in [-0.25, -0.2) is 53.4 Å². The topological polar surface area (TPSA) is 282 Å². The van der Waals surface area contributed by atoms with E-state index in [9.17, 15) is 54.4 Å². The van der Waals surface area contributed by atoms with Crippen LogP contribution >= 0.6 is 23.2 Å². The number of carboxylic acid groups (broad SMARTS) is 1. The molecule has 0 bridgehead atoms. The summed E-state index contributed by atoms with van der Waals surface area (Å²) in [5.41, 5.74) is 0.418. The minimum absolute atomic E-state index is 0. The third kappa shape index (κ3) is 23.3. The molecule has 3 aromatic carbocycles. The molecule has 2 unspecified atom stereocenters. The molecule has 0 aliphatic heterocycles. The number of rotatable bonds is 24. The summed E-state index contributed by atoms with van der Waals surface area (Å²) >= 11 is 12.2. The number of nitrogens with zero attached hydrogens (tertiary/aromatic N) is 2. The van der Waals surface area contributed by atoms with Crippen LogP contribution in [0.2, 0.25) is 10.0 Å². The number of esters is 3. The Balaban J connectivity index is 0.00000148. The Morgan fingerprint density at radius 1 is 0.625 bits per heavy atom. The van der Waals surface area contributed by atoms with E-state index < -0.39 is 91.8 Å². The summed E-state index contributed by atoms with van der Waals surface area (Å²) in [7, 11) is -7.83. The molecule has 0 fully saturated rings. The van der Waals surface area contributed by atoms with Gasteiger partial charge < -0.3 is 50.8 Å². The van der Waals surface area contributed by atoms with Crippen molar-refractivity contribution in [2.45, 2.75) is 103 Å². The number of hydrogen-bond acceptors (Lipinski definition) is 18. The average molecular weight is 1300 g/mol. The molecule has 0 spiro atoms. The Morgan fingerprint density at radius 2 is 1.04 bits per heavy atom. The molecule has 5 rings (SSSR count). The Morgan fingerprint density at radius 3 is 1.43 bits per heavy atom. The van der Waals surface area contributed by atoms with Gasteiger partial charge in [0.2, 0.25) is 20.0 Å². The summed E-state index contributed by atoms with van der Waals surface area (Å²) in [6, 6.07) is 15.2. The van der Waals surface area contributed by atoms with E-state index in [1.807, 2.05) is 30.3 Å². The molecule has 80 heavy (non-hydrogen) atoms. The van der Waals surface area contributed by atoms with Gasteiger partial charge in [-0.05, 0) is 107 Å². The van der Waals surface area contributed by atoms with E-state index in [4.69, 9.17) is 66.6 Å². The van der Waals surface area contributed by atoms with E-state index in [0.29, 0.717) is 34.3 Å². The maximum atomic E-state index is 13.8. The number of anilines is 2. The predicted molar refractivity (Wildman–Crippen MR) is 289 cm³/mol. The maximum Gasteiger partial charge on any atom is 0.510 e. The van der Waals surface area contributed by atoms with Gasteiger partial charge in [-0.15, -0.1) is 0 Å². The van der Waals surface area contributed by atoms with E-state index in [0.717, 1.165) is 49.1 Å². The van der Waals surface area contributed by atoms with Gasteiger partial charge in [-0.1, -0.05) is 73.1 Å². The molecule has 2 aliphatic carbocycles. The van der Waals surface area contributed by atoms with Crippen LogP contribution in [0.15, 0.2) is 90.0 Å². The summed E-state index contributed by atoms with van der Waals surface area (Å²) in [4.78, 5) is 71.6. The van der Waals surface area contributed by atoms with Crippen molar-refractivity contribution in [1.82, 2.24) is 0 Å². The fraction of sp³-hybridized carbons (Fsp3) is 0.442. The molecule has 0 aromatic heterocycles. The quantitative estimate of drug-likeness (QED) is 0.0211. The summed E-state index contributed by atoms with van der Waals surface area (Å²) in [5, 5.41) is 12.5. The molecule has 0 radical (unpaired) electrons. The van der Waals surface area contributed by atoms with Gasteiger partial charge in [0.15, 0.2) is 13.5 Å². The Hall–Kier alpha value is -5.88. The van der Waals surface area contributed by atoms with Crippen LogP contribution in [-0.4, -0.2) is 121 Å². The van der Waals surface area contributed by atoms with Gasteiger partial charge in [0.25, 0.3) is 0 Å². The molecular weight excluding hydrogens is 1240 g/mol. The van der Waals surface area contributed by atoms with Crippen LogP contribution in [0.5, 0.6) is 0 Å². The van der Waals surface area contributed by atoms with Crippen molar-refractivity contribution >= 4 is 90.8 Å². The van der Waals surface area contributed by atoms with Crippen molar-refractivity contribution in [3.05, 3.63) is 125 Å². The maximum absolute atomic E-state index is 13.8. The summed E-state index contributed by atoms with van der Waals surface area (Å²) < 4.78 is 118. The third-order valence-corrected chi connectivity index (χ3v) is 15.7. The summed E-state index contributed by atoms with van der Waals surface area (Å²) in [6.07, 6.45) is 2.61. The molecule has 21 nitrogen and oxygen atoms in total. The third-order valence-electron chi connectivity index (χ3n) is 10.8. The van der Waals surface area contributed by atoms with Crippen LogP contribution < -0.4 is 8.61 Å². The predicted octanol–water partition coefficient (Wildman–Crippen LogP) is 9.62. The fourth-order valence-electron chi connectivity index (χ4n) is 7.27. The van der Waals surface area contributed by atoms with Crippen molar-refractivity contribution in [2.75, 3.05) is 55.6 Å². The normalized spacial score (nSPS) is 14.4. The molecular formula is C52H67Cl2F2N2O19PdS2-. The van der Waals surface area contributed by atoms with Crippen LogP contribution in [0.1, 0.15) is 91.0 Å². The second-order valence-electron chi connectivity index (χ2n) is 16.1. The van der Waals surface area contributed by atoms with E-state index in [-0.39, 0.29) is 139 Å². The molecule has 2 N–H and O–H groups in total. The van der Waals surface area contributed by atoms with Crippen LogP contribution in [-0.2, 0) is 99.4 Å². The first-order valence-electron chi connectivity index (χ1n) is 23.8. The van der Waals surface area contributed by atoms with Gasteiger partial charge in [-0.2, -0.15) is 0 Å². The van der Waals surface area contributed by atoms with Crippen molar-refractivity contribution < 1.29 is 118 Å². The number of carbonyl (C=O) groups excluding carboxylic acids is 5. The van der Waals surface area contributed by atoms with Crippen molar-refractivity contribution in [3.8, 4) is 0 Å². The second-order valence-corrected chi connectivity index (χ2v) is 21.0. The number of allylic oxidation sites excluding steroid dienone is 2. The van der Waals surface area contributed by atoms with Crippen molar-refractivity contribution in [1.29, 1.82) is 0 Å². The first-order valence-corrected chi connectivity index (χ1v) is 27.6. The number of hydrogen-bond donors (Lipinski definition) is 2. The molecule has 0 saturated carbocycles. The number of aliphatic carboxylic acids is 1. The number of aliphatic hydroxyl groups excluding tert-OH is 1. The molecule has 0 heterocycles. The zero-order chi connectivity index (χ0) is 57.1. The van der Waals surface area contributed by atoms with Gasteiger partial charge in [0, 0.05) is 40.4 Å². The van der Waals surface area contributed by atoms with E-state index in [1.54, 1.807) is 13.8 Å². The van der Waals surface area contributed by atoms with Crippen LogP contribution in [0.4, 0.5) is 29.7 Å². The van der Waals surface area contributed by atoms with E-state index in [1.165, 1.54) is 12.2 Å². The van der Waals surface area contributed by atoms with Crippen molar-refractivity contribution in [2.24, 2.45) is 0 Å². The Labute approximate surface area is 489 Å². The molecule has 0 saturated heterocycles. The van der Waals surface area contributed by atoms with Gasteiger partial charge >= 0.3 is 36.2 Å². The van der Waals surface area contributed by atoms with Gasteiger partial charge in [-0.3, -0.25) is 9.59 Å². The van der Waals surface area contributed by atoms with Gasteiger partial charge in [0.05, 0.1) is 59.0 Å². The van der Waals surface area contributed by atoms with Gasteiger partial charge in [0.1, 0.15) is 28.7 Å². The Kier molecular flexibility index (Phi) is 35.2. The van der Waals surface area contributed by atoms with Crippen LogP contribution in [0.3, 0.4) is 0 Å². The smallest absolute Gasteiger partial charge is 0.481 e. The Bertz CT molecular complexity index is 2780. The summed E-state index contributed by atoms with van der Waals surface area (Å²) in [6.45, 7) is 1.22. The number of carboxylic acids is 1. The molecule has 3 aromatic rings. The number of sulfonamides is 2. The van der Waals surface area contributed by atoms with E-state index >= 15 is 0 Å². The molecule has 2 aliphatic rings. The minimum Gasteiger partial charge on any atom is -0.481 e. The SMILES string of the molecule is C.CCOC(=O)C1=CCCCC1S(=O)(=O)N(COC(=O)OCCCC(=O)O)c1ccc(F)cc1Cl.CCOC(=O)C1=CCCCC1S(=O)(=O)N(COC(=O)OCCCC(=O)OCc1ccccc1)c1ccc(F)cc1Cl.CO.[CH3-].[Pd]. The molecule has 0 amide bonds. The molecule has 2 atom stereocenters. The van der Waals surface area contributed by atoms with Crippen LogP contribution in [0.25, 0.3) is 0 Å². The zero-order valence-corrected chi connectivity index (χ0v) is 48.3. The standard InChI is InChI=1S/C28H31ClFNO9S.C21H25ClFNO9S.CH4O.CH4.CH3.Pd/c1-2-37-27(33)22-11-6-7-12-25(22)41(35,36)31(24-15-14-21(30)17-23(24)29)19-40-28(34)38-16-8-13-26(32)39-18-20-9-4-3-5-10-20;1-2-31-20(27)15-6-3-4-7-18(15)34(29,30)24(17-10-9-14(23)12-16(17)22)13-33-21(28)32-11-5-8-19(25)26;1-2;;;/h3-5,9-11,14-15,17,25H,2,6-8,12-13,16,18-19H2,1H3;6,9-10,12,18H,2-5,7-8,11,13H2,1H3,(H,25,26);2H,1H3;1H4;1H3;/q;;;;-1;. The molecule has 28 heteroatoms.